The third kappa shape index (κ3) is 4.69. The first-order valence-electron chi connectivity index (χ1n) is 7.97. The number of nitrogens with zero attached hydrogens (tertiary/aromatic N) is 1. The van der Waals surface area contributed by atoms with Crippen LogP contribution >= 0.6 is 0 Å². The highest BCUT2D eigenvalue weighted by atomic mass is 16.3. The molecule has 0 aliphatic heterocycles. The highest BCUT2D eigenvalue weighted by molar-refractivity contribution is 5.55. The molecule has 2 atom stereocenters. The zero-order valence-electron chi connectivity index (χ0n) is 15.3. The van der Waals surface area contributed by atoms with Crippen LogP contribution in [0.2, 0.25) is 0 Å². The molecule has 0 heterocycles. The van der Waals surface area contributed by atoms with Gasteiger partial charge in [0.05, 0.1) is 0 Å². The normalized spacial score (nSPS) is 15.0. The fourth-order valence-electron chi connectivity index (χ4n) is 2.32. The van der Waals surface area contributed by atoms with Gasteiger partial charge in [-0.05, 0) is 46.2 Å². The smallest absolute Gasteiger partial charge is 0.148 e. The lowest BCUT2D eigenvalue weighted by Gasteiger charge is -2.34. The number of hydrogen-bond acceptors (Lipinski definition) is 3. The van der Waals surface area contributed by atoms with Crippen molar-refractivity contribution in [2.24, 2.45) is 0 Å². The summed E-state index contributed by atoms with van der Waals surface area (Å²) in [5.41, 5.74) is 2.97. The minimum absolute atomic E-state index is 0.0417. The summed E-state index contributed by atoms with van der Waals surface area (Å²) in [4.78, 5) is 1.50. The van der Waals surface area contributed by atoms with Gasteiger partial charge in [-0.15, -0.1) is 0 Å². The molecule has 0 aliphatic rings. The van der Waals surface area contributed by atoms with Gasteiger partial charge in [0.1, 0.15) is 12.5 Å². The molecule has 0 bridgehead atoms. The van der Waals surface area contributed by atoms with Crippen molar-refractivity contribution in [3.8, 4) is 0 Å². The van der Waals surface area contributed by atoms with Gasteiger partial charge in [-0.2, -0.15) is 0 Å². The van der Waals surface area contributed by atoms with E-state index in [2.05, 4.69) is 60.8 Å². The molecule has 1 aromatic rings. The van der Waals surface area contributed by atoms with Crippen molar-refractivity contribution >= 4 is 5.69 Å². The second-order valence-electron chi connectivity index (χ2n) is 7.97. The largest absolute Gasteiger partial charge is 0.370 e. The summed E-state index contributed by atoms with van der Waals surface area (Å²) >= 11 is 0. The average Bonchev–Trinajstić information content (AvgIpc) is 2.44. The Kier molecular flexibility index (Phi) is 5.84. The van der Waals surface area contributed by atoms with Crippen LogP contribution in [0.25, 0.3) is 0 Å². The number of rotatable bonds is 5. The first-order chi connectivity index (χ1) is 10.4. The second-order valence-corrected chi connectivity index (χ2v) is 7.97. The zero-order chi connectivity index (χ0) is 18.0. The van der Waals surface area contributed by atoms with Gasteiger partial charge in [-0.1, -0.05) is 60.8 Å². The Hall–Kier alpha value is -1.58. The number of benzene rings is 1. The van der Waals surface area contributed by atoms with E-state index in [0.717, 1.165) is 16.8 Å². The summed E-state index contributed by atoms with van der Waals surface area (Å²) in [6.07, 6.45) is 0.803. The quantitative estimate of drug-likeness (QED) is 0.635. The van der Waals surface area contributed by atoms with Crippen LogP contribution in [0.15, 0.2) is 43.5 Å². The molecule has 2 unspecified atom stereocenters. The molecule has 0 spiro atoms. The van der Waals surface area contributed by atoms with Gasteiger partial charge in [0.25, 0.3) is 0 Å². The van der Waals surface area contributed by atoms with Crippen molar-refractivity contribution in [3.63, 3.8) is 0 Å². The Morgan fingerprint density at radius 1 is 0.826 bits per heavy atom. The van der Waals surface area contributed by atoms with Crippen molar-refractivity contribution in [1.82, 2.24) is 0 Å². The van der Waals surface area contributed by atoms with E-state index >= 15 is 0 Å². The maximum atomic E-state index is 10.3. The first-order valence-corrected chi connectivity index (χ1v) is 7.97. The molecular weight excluding hydrogens is 286 g/mol. The predicted molar refractivity (Wildman–Crippen MR) is 98.7 cm³/mol. The summed E-state index contributed by atoms with van der Waals surface area (Å²) < 4.78 is 0. The van der Waals surface area contributed by atoms with Gasteiger partial charge in [-0.25, -0.2) is 0 Å². The summed E-state index contributed by atoms with van der Waals surface area (Å²) in [6.45, 7) is 20.2. The zero-order valence-corrected chi connectivity index (χ0v) is 15.3. The van der Waals surface area contributed by atoms with E-state index in [1.165, 1.54) is 17.1 Å². The molecule has 0 amide bonds. The van der Waals surface area contributed by atoms with Crippen LogP contribution in [-0.4, -0.2) is 22.7 Å². The molecule has 3 heteroatoms. The molecule has 0 saturated heterocycles. The van der Waals surface area contributed by atoms with Crippen LogP contribution in [-0.2, 0) is 10.8 Å². The second kappa shape index (κ2) is 6.90. The van der Waals surface area contributed by atoms with Crippen molar-refractivity contribution < 1.29 is 10.2 Å². The van der Waals surface area contributed by atoms with E-state index in [9.17, 15) is 10.2 Å². The van der Waals surface area contributed by atoms with Gasteiger partial charge in [0.15, 0.2) is 0 Å². The van der Waals surface area contributed by atoms with Crippen molar-refractivity contribution in [1.29, 1.82) is 0 Å². The Morgan fingerprint density at radius 2 is 1.17 bits per heavy atom. The third-order valence-electron chi connectivity index (χ3n) is 3.94. The fraction of sp³-hybridized carbons (Fsp3) is 0.500. The Bertz CT molecular complexity index is 518. The fourth-order valence-corrected chi connectivity index (χ4v) is 2.32. The van der Waals surface area contributed by atoms with E-state index in [1.807, 2.05) is 12.1 Å². The standard InChI is InChI=1S/C20H31NO2/c1-9-17(22)21(18(23)10-2)16-12-14(19(3,4)5)11-15(13-16)20(6,7)8/h9-13,17-18,22-23H,1-2H2,3-8H3. The van der Waals surface area contributed by atoms with E-state index in [4.69, 9.17) is 0 Å². The molecular formula is C20H31NO2. The number of aliphatic hydroxyl groups excluding tert-OH is 2. The van der Waals surface area contributed by atoms with Gasteiger partial charge in [-0.3, -0.25) is 0 Å². The van der Waals surface area contributed by atoms with Gasteiger partial charge < -0.3 is 15.1 Å². The number of anilines is 1. The molecule has 3 nitrogen and oxygen atoms in total. The molecule has 128 valence electrons. The van der Waals surface area contributed by atoms with Crippen LogP contribution in [0.4, 0.5) is 5.69 Å². The molecule has 0 saturated carbocycles. The summed E-state index contributed by atoms with van der Waals surface area (Å²) in [6, 6.07) is 6.21. The summed E-state index contributed by atoms with van der Waals surface area (Å²) in [7, 11) is 0. The van der Waals surface area contributed by atoms with Crippen LogP contribution in [0.5, 0.6) is 0 Å². The van der Waals surface area contributed by atoms with E-state index in [-0.39, 0.29) is 10.8 Å². The maximum Gasteiger partial charge on any atom is 0.148 e. The Balaban J connectivity index is 3.60. The minimum Gasteiger partial charge on any atom is -0.370 e. The number of hydrogen-bond donors (Lipinski definition) is 2. The molecule has 0 aliphatic carbocycles. The van der Waals surface area contributed by atoms with E-state index < -0.39 is 12.5 Å². The van der Waals surface area contributed by atoms with Crippen molar-refractivity contribution in [3.05, 3.63) is 54.6 Å². The first kappa shape index (κ1) is 19.5. The summed E-state index contributed by atoms with van der Waals surface area (Å²) in [5.74, 6) is 0. The molecule has 23 heavy (non-hydrogen) atoms. The Labute approximate surface area is 141 Å². The third-order valence-corrected chi connectivity index (χ3v) is 3.94. The Morgan fingerprint density at radius 3 is 1.43 bits per heavy atom. The number of aliphatic hydroxyl groups is 2. The molecule has 0 aromatic heterocycles. The van der Waals surface area contributed by atoms with Crippen molar-refractivity contribution in [2.45, 2.75) is 64.8 Å². The summed E-state index contributed by atoms with van der Waals surface area (Å²) in [5, 5.41) is 20.5. The highest BCUT2D eigenvalue weighted by Gasteiger charge is 2.25. The molecule has 1 rings (SSSR count). The topological polar surface area (TPSA) is 43.7 Å². The molecule has 0 radical (unpaired) electrons. The van der Waals surface area contributed by atoms with Crippen LogP contribution in [0.3, 0.4) is 0 Å². The predicted octanol–water partition coefficient (Wildman–Crippen LogP) is 4.10. The minimum atomic E-state index is -0.994. The van der Waals surface area contributed by atoms with E-state index in [0.29, 0.717) is 0 Å². The lowest BCUT2D eigenvalue weighted by Crippen LogP contribution is -2.41. The maximum absolute atomic E-state index is 10.3. The molecule has 2 N–H and O–H groups in total. The van der Waals surface area contributed by atoms with Crippen molar-refractivity contribution in [2.75, 3.05) is 4.90 Å². The lowest BCUT2D eigenvalue weighted by molar-refractivity contribution is 0.136. The molecule has 0 fully saturated rings. The molecule has 1 aromatic carbocycles. The van der Waals surface area contributed by atoms with Crippen LogP contribution in [0.1, 0.15) is 52.7 Å². The van der Waals surface area contributed by atoms with Gasteiger partial charge in [0.2, 0.25) is 0 Å². The highest BCUT2D eigenvalue weighted by Crippen LogP contribution is 2.34. The van der Waals surface area contributed by atoms with Gasteiger partial charge >= 0.3 is 0 Å². The lowest BCUT2D eigenvalue weighted by atomic mass is 9.80. The van der Waals surface area contributed by atoms with Crippen LogP contribution < -0.4 is 4.90 Å². The average molecular weight is 317 g/mol. The van der Waals surface area contributed by atoms with Crippen LogP contribution in [0, 0.1) is 0 Å². The monoisotopic (exact) mass is 317 g/mol. The van der Waals surface area contributed by atoms with Gasteiger partial charge in [0, 0.05) is 5.69 Å². The SMILES string of the molecule is C=CC(O)N(c1cc(C(C)(C)C)cc(C(C)(C)C)c1)C(O)C=C. The van der Waals surface area contributed by atoms with E-state index in [1.54, 1.807) is 0 Å².